The highest BCUT2D eigenvalue weighted by molar-refractivity contribution is 6.08. The predicted molar refractivity (Wildman–Crippen MR) is 89.7 cm³/mol. The molecule has 0 heterocycles. The van der Waals surface area contributed by atoms with Crippen LogP contribution in [0, 0.1) is 26.1 Å². The number of nitro benzene ring substituents is 2. The summed E-state index contributed by atoms with van der Waals surface area (Å²) in [6, 6.07) is 10.4. The van der Waals surface area contributed by atoms with Gasteiger partial charge in [-0.1, -0.05) is 12.1 Å². The van der Waals surface area contributed by atoms with Gasteiger partial charge >= 0.3 is 5.97 Å². The van der Waals surface area contributed by atoms with Gasteiger partial charge in [0, 0.05) is 29.8 Å². The molecule has 0 N–H and O–H groups in total. The Morgan fingerprint density at radius 2 is 1.62 bits per heavy atom. The summed E-state index contributed by atoms with van der Waals surface area (Å²) < 4.78 is 4.66. The van der Waals surface area contributed by atoms with Crippen molar-refractivity contribution in [2.75, 3.05) is 7.11 Å². The zero-order valence-electron chi connectivity index (χ0n) is 13.7. The Hall–Kier alpha value is -3.62. The third-order valence-corrected chi connectivity index (χ3v) is 3.73. The van der Waals surface area contributed by atoms with E-state index in [2.05, 4.69) is 4.74 Å². The first-order chi connectivity index (χ1) is 12.3. The lowest BCUT2D eigenvalue weighted by Crippen LogP contribution is -2.27. The fraction of sp³-hybridized carbons (Fsp3) is 0.176. The molecule has 0 aliphatic rings. The lowest BCUT2D eigenvalue weighted by atomic mass is 9.91. The zero-order valence-corrected chi connectivity index (χ0v) is 13.7. The van der Waals surface area contributed by atoms with Crippen LogP contribution in [0.2, 0.25) is 0 Å². The van der Waals surface area contributed by atoms with Crippen LogP contribution in [0.25, 0.3) is 0 Å². The molecule has 2 aromatic carbocycles. The predicted octanol–water partition coefficient (Wildman–Crippen LogP) is 2.72. The second kappa shape index (κ2) is 7.97. The number of benzene rings is 2. The summed E-state index contributed by atoms with van der Waals surface area (Å²) in [5, 5.41) is 21.6. The van der Waals surface area contributed by atoms with Gasteiger partial charge in [-0.05, 0) is 24.1 Å². The third-order valence-electron chi connectivity index (χ3n) is 3.73. The average molecular weight is 358 g/mol. The van der Waals surface area contributed by atoms with E-state index in [1.807, 2.05) is 0 Å². The normalized spacial score (nSPS) is 11.4. The first-order valence-electron chi connectivity index (χ1n) is 7.43. The Balaban J connectivity index is 2.30. The van der Waals surface area contributed by atoms with E-state index in [0.717, 1.165) is 19.2 Å². The molecule has 0 aliphatic carbocycles. The smallest absolute Gasteiger partial charge is 0.316 e. The number of non-ortho nitro benzene ring substituents is 2. The lowest BCUT2D eigenvalue weighted by molar-refractivity contribution is -0.385. The van der Waals surface area contributed by atoms with Crippen LogP contribution < -0.4 is 0 Å². The van der Waals surface area contributed by atoms with Gasteiger partial charge < -0.3 is 4.74 Å². The minimum atomic E-state index is -1.22. The Morgan fingerprint density at radius 1 is 1.00 bits per heavy atom. The number of esters is 1. The van der Waals surface area contributed by atoms with E-state index in [1.165, 1.54) is 30.3 Å². The van der Waals surface area contributed by atoms with Gasteiger partial charge in [0.1, 0.15) is 5.92 Å². The van der Waals surface area contributed by atoms with Crippen LogP contribution >= 0.6 is 0 Å². The Labute approximate surface area is 147 Å². The summed E-state index contributed by atoms with van der Waals surface area (Å²) >= 11 is 0. The number of rotatable bonds is 7. The molecule has 9 heteroatoms. The highest BCUT2D eigenvalue weighted by atomic mass is 16.6. The molecule has 1 unspecified atom stereocenters. The first kappa shape index (κ1) is 18.7. The molecular formula is C17H14N2O7. The second-order valence-electron chi connectivity index (χ2n) is 5.38. The van der Waals surface area contributed by atoms with E-state index >= 15 is 0 Å². The summed E-state index contributed by atoms with van der Waals surface area (Å²) in [5.41, 5.74) is 0.185. The van der Waals surface area contributed by atoms with Gasteiger partial charge in [0.25, 0.3) is 11.4 Å². The number of methoxy groups -OCH3 is 1. The van der Waals surface area contributed by atoms with Crippen LogP contribution in [0.1, 0.15) is 15.9 Å². The van der Waals surface area contributed by atoms with Gasteiger partial charge in [-0.3, -0.25) is 29.8 Å². The van der Waals surface area contributed by atoms with E-state index in [4.69, 9.17) is 0 Å². The molecule has 134 valence electrons. The van der Waals surface area contributed by atoms with Gasteiger partial charge in [-0.2, -0.15) is 0 Å². The summed E-state index contributed by atoms with van der Waals surface area (Å²) in [5.74, 6) is -2.60. The largest absolute Gasteiger partial charge is 0.468 e. The Morgan fingerprint density at radius 3 is 2.15 bits per heavy atom. The molecule has 0 bridgehead atoms. The van der Waals surface area contributed by atoms with Gasteiger partial charge in [0.15, 0.2) is 5.78 Å². The first-order valence-corrected chi connectivity index (χ1v) is 7.43. The van der Waals surface area contributed by atoms with Crippen molar-refractivity contribution >= 4 is 23.1 Å². The van der Waals surface area contributed by atoms with Crippen molar-refractivity contribution < 1.29 is 24.2 Å². The lowest BCUT2D eigenvalue weighted by Gasteiger charge is -2.14. The molecule has 0 radical (unpaired) electrons. The summed E-state index contributed by atoms with van der Waals surface area (Å²) in [7, 11) is 1.13. The van der Waals surface area contributed by atoms with Crippen molar-refractivity contribution in [2.45, 2.75) is 6.42 Å². The van der Waals surface area contributed by atoms with E-state index in [0.29, 0.717) is 5.56 Å². The maximum atomic E-state index is 12.6. The molecule has 9 nitrogen and oxygen atoms in total. The number of Topliss-reactive ketones (excluding diaryl/α,β-unsaturated/α-hetero) is 1. The van der Waals surface area contributed by atoms with Gasteiger partial charge in [-0.25, -0.2) is 0 Å². The van der Waals surface area contributed by atoms with Crippen LogP contribution in [0.4, 0.5) is 11.4 Å². The maximum Gasteiger partial charge on any atom is 0.316 e. The molecular weight excluding hydrogens is 344 g/mol. The minimum Gasteiger partial charge on any atom is -0.468 e. The van der Waals surface area contributed by atoms with Gasteiger partial charge in [0.05, 0.1) is 17.0 Å². The van der Waals surface area contributed by atoms with E-state index in [1.54, 1.807) is 6.07 Å². The number of carbonyl (C=O) groups is 2. The SMILES string of the molecule is COC(=O)C(Cc1cccc([N+](=O)[O-])c1)C(=O)c1ccc([N+](=O)[O-])cc1. The fourth-order valence-corrected chi connectivity index (χ4v) is 2.41. The van der Waals surface area contributed by atoms with Crippen molar-refractivity contribution in [3.8, 4) is 0 Å². The summed E-state index contributed by atoms with van der Waals surface area (Å²) in [6.45, 7) is 0. The fourth-order valence-electron chi connectivity index (χ4n) is 2.41. The molecule has 0 fully saturated rings. The third kappa shape index (κ3) is 4.26. The Kier molecular flexibility index (Phi) is 5.74. The van der Waals surface area contributed by atoms with Gasteiger partial charge in [-0.15, -0.1) is 0 Å². The van der Waals surface area contributed by atoms with Crippen LogP contribution in [0.5, 0.6) is 0 Å². The number of hydrogen-bond donors (Lipinski definition) is 0. The van der Waals surface area contributed by atoms with E-state index in [9.17, 15) is 29.8 Å². The summed E-state index contributed by atoms with van der Waals surface area (Å²) in [6.07, 6.45) is -0.0931. The highest BCUT2D eigenvalue weighted by Crippen LogP contribution is 2.21. The van der Waals surface area contributed by atoms with E-state index < -0.39 is 27.5 Å². The molecule has 0 amide bonds. The standard InChI is InChI=1S/C17H14N2O7/c1-26-17(21)15(10-11-3-2-4-14(9-11)19(24)25)16(20)12-5-7-13(8-6-12)18(22)23/h2-9,15H,10H2,1H3. The molecule has 0 spiro atoms. The monoisotopic (exact) mass is 358 g/mol. The summed E-state index contributed by atoms with van der Waals surface area (Å²) in [4.78, 5) is 45.1. The number of ether oxygens (including phenoxy) is 1. The molecule has 1 atom stereocenters. The molecule has 2 aromatic rings. The van der Waals surface area contributed by atoms with Crippen LogP contribution in [0.15, 0.2) is 48.5 Å². The molecule has 0 aliphatic heterocycles. The zero-order chi connectivity index (χ0) is 19.3. The molecule has 0 aromatic heterocycles. The van der Waals surface area contributed by atoms with Crippen molar-refractivity contribution in [3.05, 3.63) is 79.9 Å². The maximum absolute atomic E-state index is 12.6. The van der Waals surface area contributed by atoms with Crippen molar-refractivity contribution in [2.24, 2.45) is 5.92 Å². The molecule has 0 saturated carbocycles. The number of hydrogen-bond acceptors (Lipinski definition) is 7. The van der Waals surface area contributed by atoms with E-state index in [-0.39, 0.29) is 23.4 Å². The number of nitro groups is 2. The molecule has 26 heavy (non-hydrogen) atoms. The second-order valence-corrected chi connectivity index (χ2v) is 5.38. The van der Waals surface area contributed by atoms with Gasteiger partial charge in [0.2, 0.25) is 0 Å². The minimum absolute atomic E-state index is 0.0931. The highest BCUT2D eigenvalue weighted by Gasteiger charge is 2.29. The van der Waals surface area contributed by atoms with Crippen LogP contribution in [-0.4, -0.2) is 28.7 Å². The van der Waals surface area contributed by atoms with Crippen molar-refractivity contribution in [1.82, 2.24) is 0 Å². The Bertz CT molecular complexity index is 862. The topological polar surface area (TPSA) is 130 Å². The molecule has 2 rings (SSSR count). The van der Waals surface area contributed by atoms with Crippen LogP contribution in [-0.2, 0) is 16.0 Å². The van der Waals surface area contributed by atoms with Crippen molar-refractivity contribution in [1.29, 1.82) is 0 Å². The van der Waals surface area contributed by atoms with Crippen molar-refractivity contribution in [3.63, 3.8) is 0 Å². The quantitative estimate of drug-likeness (QED) is 0.244. The number of carbonyl (C=O) groups excluding carboxylic acids is 2. The number of ketones is 1. The average Bonchev–Trinajstić information content (AvgIpc) is 2.65. The number of nitrogens with zero attached hydrogens (tertiary/aromatic N) is 2. The molecule has 0 saturated heterocycles. The van der Waals surface area contributed by atoms with Crippen LogP contribution in [0.3, 0.4) is 0 Å².